The van der Waals surface area contributed by atoms with E-state index in [1.54, 1.807) is 6.07 Å². The molecule has 1 aromatic heterocycles. The van der Waals surface area contributed by atoms with Crippen molar-refractivity contribution in [3.8, 4) is 0 Å². The molecule has 1 rings (SSSR count). The van der Waals surface area contributed by atoms with Crippen molar-refractivity contribution in [3.63, 3.8) is 0 Å². The number of rotatable bonds is 8. The summed E-state index contributed by atoms with van der Waals surface area (Å²) in [6.45, 7) is 0.409. The van der Waals surface area contributed by atoms with E-state index in [9.17, 15) is 13.2 Å². The van der Waals surface area contributed by atoms with Gasteiger partial charge in [0.15, 0.2) is 0 Å². The van der Waals surface area contributed by atoms with Crippen molar-refractivity contribution in [2.75, 3.05) is 26.5 Å². The van der Waals surface area contributed by atoms with E-state index in [4.69, 9.17) is 9.84 Å². The molecule has 6 nitrogen and oxygen atoms in total. The van der Waals surface area contributed by atoms with Crippen molar-refractivity contribution in [2.24, 2.45) is 0 Å². The van der Waals surface area contributed by atoms with Gasteiger partial charge >= 0.3 is 5.97 Å². The molecule has 0 amide bonds. The minimum Gasteiger partial charge on any atom is -0.478 e. The Morgan fingerprint density at radius 3 is 2.85 bits per heavy atom. The van der Waals surface area contributed by atoms with E-state index < -0.39 is 16.0 Å². The Labute approximate surface area is 122 Å². The highest BCUT2D eigenvalue weighted by Crippen LogP contribution is 2.18. The summed E-state index contributed by atoms with van der Waals surface area (Å²) >= 11 is 1.37. The van der Waals surface area contributed by atoms with Gasteiger partial charge in [-0.3, -0.25) is 0 Å². The van der Waals surface area contributed by atoms with Gasteiger partial charge in [0.05, 0.1) is 12.4 Å². The zero-order chi connectivity index (χ0) is 15.2. The smallest absolute Gasteiger partial charge is 0.328 e. The Kier molecular flexibility index (Phi) is 6.34. The highest BCUT2D eigenvalue weighted by Gasteiger charge is 2.17. The summed E-state index contributed by atoms with van der Waals surface area (Å²) in [5.74, 6) is -1.07. The Hall–Kier alpha value is -1.22. The summed E-state index contributed by atoms with van der Waals surface area (Å²) in [6, 6.07) is 1.77. The van der Waals surface area contributed by atoms with E-state index in [0.29, 0.717) is 0 Å². The zero-order valence-corrected chi connectivity index (χ0v) is 12.9. The Morgan fingerprint density at radius 2 is 2.25 bits per heavy atom. The molecule has 0 aliphatic rings. The van der Waals surface area contributed by atoms with Crippen molar-refractivity contribution in [2.45, 2.75) is 6.54 Å². The second-order valence-electron chi connectivity index (χ2n) is 4.09. The predicted octanol–water partition coefficient (Wildman–Crippen LogP) is 1.25. The van der Waals surface area contributed by atoms with Crippen molar-refractivity contribution in [1.29, 1.82) is 0 Å². The molecule has 1 N–H and O–H groups in total. The first-order valence-corrected chi connectivity index (χ1v) is 8.25. The van der Waals surface area contributed by atoms with Crippen LogP contribution in [0.3, 0.4) is 0 Å². The maximum Gasteiger partial charge on any atom is 0.328 e. The summed E-state index contributed by atoms with van der Waals surface area (Å²) in [5, 5.41) is 10.3. The van der Waals surface area contributed by atoms with E-state index in [1.165, 1.54) is 35.9 Å². The van der Waals surface area contributed by atoms with Crippen molar-refractivity contribution >= 4 is 33.4 Å². The molecule has 0 atom stereocenters. The van der Waals surface area contributed by atoms with Gasteiger partial charge in [-0.15, -0.1) is 11.3 Å². The first-order chi connectivity index (χ1) is 9.35. The van der Waals surface area contributed by atoms with Gasteiger partial charge in [0.2, 0.25) is 10.0 Å². The van der Waals surface area contributed by atoms with Crippen LogP contribution >= 0.6 is 11.3 Å². The zero-order valence-electron chi connectivity index (χ0n) is 11.3. The lowest BCUT2D eigenvalue weighted by Crippen LogP contribution is -2.30. The van der Waals surface area contributed by atoms with E-state index in [-0.39, 0.29) is 18.9 Å². The van der Waals surface area contributed by atoms with Crippen LogP contribution in [0.4, 0.5) is 0 Å². The molecule has 0 fully saturated rings. The average Bonchev–Trinajstić information content (AvgIpc) is 2.81. The number of hydrogen-bond acceptors (Lipinski definition) is 5. The maximum absolute atomic E-state index is 11.9. The molecule has 8 heteroatoms. The molecule has 0 aromatic carbocycles. The lowest BCUT2D eigenvalue weighted by atomic mass is 10.3. The predicted molar refractivity (Wildman–Crippen MR) is 78.1 cm³/mol. The van der Waals surface area contributed by atoms with Crippen LogP contribution in [0, 0.1) is 0 Å². The van der Waals surface area contributed by atoms with Crippen LogP contribution < -0.4 is 0 Å². The third-order valence-electron chi connectivity index (χ3n) is 2.49. The molecule has 20 heavy (non-hydrogen) atoms. The average molecular weight is 319 g/mol. The highest BCUT2D eigenvalue weighted by molar-refractivity contribution is 7.89. The first-order valence-electron chi connectivity index (χ1n) is 5.76. The fraction of sp³-hybridized carbons (Fsp3) is 0.417. The van der Waals surface area contributed by atoms with Crippen LogP contribution in [0.1, 0.15) is 10.4 Å². The van der Waals surface area contributed by atoms with Gasteiger partial charge in [-0.05, 0) is 23.1 Å². The summed E-state index contributed by atoms with van der Waals surface area (Å²) in [4.78, 5) is 11.2. The van der Waals surface area contributed by atoms with Gasteiger partial charge in [0, 0.05) is 31.7 Å². The van der Waals surface area contributed by atoms with Crippen LogP contribution in [-0.2, 0) is 26.1 Å². The molecular weight excluding hydrogens is 302 g/mol. The molecule has 0 unspecified atom stereocenters. The fourth-order valence-corrected chi connectivity index (χ4v) is 3.25. The van der Waals surface area contributed by atoms with E-state index in [0.717, 1.165) is 16.5 Å². The highest BCUT2D eigenvalue weighted by atomic mass is 32.2. The van der Waals surface area contributed by atoms with Gasteiger partial charge in [-0.25, -0.2) is 17.5 Å². The Morgan fingerprint density at radius 1 is 1.55 bits per heavy atom. The molecule has 0 saturated carbocycles. The number of carboxylic acids is 1. The van der Waals surface area contributed by atoms with Gasteiger partial charge in [-0.1, -0.05) is 0 Å². The number of hydrogen-bond donors (Lipinski definition) is 1. The molecule has 0 saturated heterocycles. The molecule has 0 bridgehead atoms. The minimum atomic E-state index is -3.34. The van der Waals surface area contributed by atoms with Crippen molar-refractivity contribution < 1.29 is 23.1 Å². The lowest BCUT2D eigenvalue weighted by Gasteiger charge is -2.15. The molecule has 0 aliphatic carbocycles. The van der Waals surface area contributed by atoms with Crippen molar-refractivity contribution in [1.82, 2.24) is 4.31 Å². The number of carboxylic acid groups (broad SMARTS) is 1. The minimum absolute atomic E-state index is 0.0596. The third kappa shape index (κ3) is 5.41. The number of thiophene rings is 1. The van der Waals surface area contributed by atoms with Crippen LogP contribution in [0.15, 0.2) is 17.5 Å². The fourth-order valence-electron chi connectivity index (χ4n) is 1.42. The van der Waals surface area contributed by atoms with Gasteiger partial charge < -0.3 is 9.84 Å². The number of nitrogens with zero attached hydrogens (tertiary/aromatic N) is 1. The molecule has 1 heterocycles. The summed E-state index contributed by atoms with van der Waals surface area (Å²) in [5.41, 5.74) is 0.823. The number of ether oxygens (including phenoxy) is 1. The third-order valence-corrected chi connectivity index (χ3v) is 5.20. The molecule has 0 spiro atoms. The second kappa shape index (κ2) is 7.53. The summed E-state index contributed by atoms with van der Waals surface area (Å²) < 4.78 is 29.8. The first kappa shape index (κ1) is 16.8. The van der Waals surface area contributed by atoms with E-state index in [2.05, 4.69) is 0 Å². The van der Waals surface area contributed by atoms with Gasteiger partial charge in [-0.2, -0.15) is 0 Å². The van der Waals surface area contributed by atoms with Crippen molar-refractivity contribution in [3.05, 3.63) is 28.0 Å². The Bertz CT molecular complexity index is 576. The van der Waals surface area contributed by atoms with Crippen LogP contribution in [-0.4, -0.2) is 50.3 Å². The van der Waals surface area contributed by atoms with Crippen LogP contribution in [0.5, 0.6) is 0 Å². The normalized spacial score (nSPS) is 12.3. The monoisotopic (exact) mass is 319 g/mol. The quantitative estimate of drug-likeness (QED) is 0.729. The number of carbonyl (C=O) groups is 1. The lowest BCUT2D eigenvalue weighted by molar-refractivity contribution is -0.131. The Balaban J connectivity index is 2.67. The standard InChI is InChI=1S/C12H17NO5S2/c1-13(20(16,17)6-5-18-2)8-10-7-11(19-9-10)3-4-12(14)15/h3-4,7,9H,5-6,8H2,1-2H3,(H,14,15). The van der Waals surface area contributed by atoms with Crippen LogP contribution in [0.25, 0.3) is 6.08 Å². The molecule has 0 radical (unpaired) electrons. The van der Waals surface area contributed by atoms with E-state index >= 15 is 0 Å². The number of sulfonamides is 1. The number of methoxy groups -OCH3 is 1. The molecule has 112 valence electrons. The molecular formula is C12H17NO5S2. The number of aliphatic carboxylic acids is 1. The van der Waals surface area contributed by atoms with E-state index in [1.807, 2.05) is 5.38 Å². The largest absolute Gasteiger partial charge is 0.478 e. The topological polar surface area (TPSA) is 83.9 Å². The second-order valence-corrected chi connectivity index (χ2v) is 7.23. The summed E-state index contributed by atoms with van der Waals surface area (Å²) in [6.07, 6.45) is 2.53. The van der Waals surface area contributed by atoms with Crippen LogP contribution in [0.2, 0.25) is 0 Å². The SMILES string of the molecule is COCCS(=O)(=O)N(C)Cc1csc(C=CC(=O)O)c1. The van der Waals surface area contributed by atoms with Gasteiger partial charge in [0.25, 0.3) is 0 Å². The molecule has 0 aliphatic heterocycles. The maximum atomic E-state index is 11.9. The summed E-state index contributed by atoms with van der Waals surface area (Å²) in [7, 11) is -0.373. The van der Waals surface area contributed by atoms with Gasteiger partial charge in [0.1, 0.15) is 0 Å². The molecule has 1 aromatic rings.